The second-order valence-electron chi connectivity index (χ2n) is 5.79. The Morgan fingerprint density at radius 2 is 2.04 bits per heavy atom. The zero-order valence-corrected chi connectivity index (χ0v) is 13.6. The highest BCUT2D eigenvalue weighted by Gasteiger charge is 2.22. The van der Waals surface area contributed by atoms with E-state index >= 15 is 0 Å². The van der Waals surface area contributed by atoms with Crippen LogP contribution in [0.2, 0.25) is 0 Å². The Morgan fingerprint density at radius 1 is 1.25 bits per heavy atom. The molecule has 7 heteroatoms. The Morgan fingerprint density at radius 3 is 2.75 bits per heavy atom. The van der Waals surface area contributed by atoms with Crippen LogP contribution in [0.4, 0.5) is 0 Å². The molecule has 0 unspecified atom stereocenters. The molecule has 24 heavy (non-hydrogen) atoms. The molecule has 2 amide bonds. The van der Waals surface area contributed by atoms with E-state index in [1.54, 1.807) is 29.4 Å². The normalized spacial score (nSPS) is 15.3. The molecule has 1 fully saturated rings. The van der Waals surface area contributed by atoms with Crippen LogP contribution >= 0.6 is 0 Å². The molecule has 3 rings (SSSR count). The summed E-state index contributed by atoms with van der Waals surface area (Å²) in [5, 5.41) is 2.76. The number of rotatable bonds is 4. The quantitative estimate of drug-likeness (QED) is 0.905. The van der Waals surface area contributed by atoms with Crippen LogP contribution in [0.15, 0.2) is 41.1 Å². The third kappa shape index (κ3) is 3.80. The summed E-state index contributed by atoms with van der Waals surface area (Å²) in [4.78, 5) is 32.8. The fraction of sp³-hybridized carbons (Fsp3) is 0.353. The highest BCUT2D eigenvalue weighted by Crippen LogP contribution is 2.09. The number of furan rings is 1. The Hall–Kier alpha value is -2.67. The molecular weight excluding hydrogens is 308 g/mol. The molecule has 0 aromatic carbocycles. The summed E-state index contributed by atoms with van der Waals surface area (Å²) in [7, 11) is 2.03. The topological polar surface area (TPSA) is 78.7 Å². The Labute approximate surface area is 140 Å². The molecule has 126 valence electrons. The Kier molecular flexibility index (Phi) is 4.90. The van der Waals surface area contributed by atoms with Gasteiger partial charge >= 0.3 is 0 Å². The lowest BCUT2D eigenvalue weighted by molar-refractivity contribution is 0.0658. The third-order valence-corrected chi connectivity index (χ3v) is 4.04. The minimum Gasteiger partial charge on any atom is -0.467 e. The maximum absolute atomic E-state index is 12.5. The number of hydrogen-bond donors (Lipinski definition) is 1. The van der Waals surface area contributed by atoms with Crippen molar-refractivity contribution >= 4 is 11.8 Å². The molecule has 0 radical (unpaired) electrons. The summed E-state index contributed by atoms with van der Waals surface area (Å²) in [6, 6.07) is 6.69. The maximum atomic E-state index is 12.5. The number of amides is 2. The largest absolute Gasteiger partial charge is 0.467 e. The zero-order chi connectivity index (χ0) is 16.9. The van der Waals surface area contributed by atoms with Crippen molar-refractivity contribution in [3.63, 3.8) is 0 Å². The first-order chi connectivity index (χ1) is 11.6. The summed E-state index contributed by atoms with van der Waals surface area (Å²) < 4.78 is 5.18. The summed E-state index contributed by atoms with van der Waals surface area (Å²) in [6.45, 7) is 3.33. The van der Waals surface area contributed by atoms with E-state index in [-0.39, 0.29) is 11.8 Å². The Bertz CT molecular complexity index is 706. The van der Waals surface area contributed by atoms with Gasteiger partial charge in [0.05, 0.1) is 12.8 Å². The van der Waals surface area contributed by atoms with Gasteiger partial charge in [-0.1, -0.05) is 0 Å². The van der Waals surface area contributed by atoms with Crippen LogP contribution < -0.4 is 5.32 Å². The first-order valence-electron chi connectivity index (χ1n) is 7.88. The highest BCUT2D eigenvalue weighted by molar-refractivity contribution is 5.98. The second kappa shape index (κ2) is 7.27. The van der Waals surface area contributed by atoms with Crippen LogP contribution in [0.5, 0.6) is 0 Å². The predicted octanol–water partition coefficient (Wildman–Crippen LogP) is 0.992. The van der Waals surface area contributed by atoms with Crippen molar-refractivity contribution in [3.8, 4) is 0 Å². The van der Waals surface area contributed by atoms with E-state index < -0.39 is 0 Å². The monoisotopic (exact) mass is 328 g/mol. The molecule has 1 aliphatic heterocycles. The van der Waals surface area contributed by atoms with Crippen molar-refractivity contribution in [2.45, 2.75) is 6.54 Å². The van der Waals surface area contributed by atoms with Crippen LogP contribution in [0, 0.1) is 0 Å². The molecule has 7 nitrogen and oxygen atoms in total. The number of aromatic nitrogens is 1. The van der Waals surface area contributed by atoms with Crippen LogP contribution in [-0.2, 0) is 6.54 Å². The number of hydrogen-bond acceptors (Lipinski definition) is 5. The summed E-state index contributed by atoms with van der Waals surface area (Å²) in [5.74, 6) is 0.274. The number of carbonyl (C=O) groups excluding carboxylic acids is 2. The molecule has 1 N–H and O–H groups in total. The number of nitrogens with zero attached hydrogens (tertiary/aromatic N) is 3. The van der Waals surface area contributed by atoms with Gasteiger partial charge in [0.25, 0.3) is 11.8 Å². The lowest BCUT2D eigenvalue weighted by Crippen LogP contribution is -2.47. The minimum atomic E-state index is -0.263. The van der Waals surface area contributed by atoms with Crippen molar-refractivity contribution in [3.05, 3.63) is 53.7 Å². The standard InChI is InChI=1S/C17H20N4O3/c1-20-6-8-21(9-7-20)17(23)15-11-13(4-5-18-15)16(22)19-12-14-3-2-10-24-14/h2-5,10-11H,6-9,12H2,1H3,(H,19,22). The van der Waals surface area contributed by atoms with E-state index in [0.717, 1.165) is 13.1 Å². The van der Waals surface area contributed by atoms with Crippen LogP contribution in [0.25, 0.3) is 0 Å². The highest BCUT2D eigenvalue weighted by atomic mass is 16.3. The van der Waals surface area contributed by atoms with Gasteiger partial charge in [-0.15, -0.1) is 0 Å². The second-order valence-corrected chi connectivity index (χ2v) is 5.79. The smallest absolute Gasteiger partial charge is 0.272 e. The summed E-state index contributed by atoms with van der Waals surface area (Å²) in [6.07, 6.45) is 3.05. The molecule has 0 bridgehead atoms. The summed E-state index contributed by atoms with van der Waals surface area (Å²) >= 11 is 0. The van der Waals surface area contributed by atoms with Crippen molar-refractivity contribution in [1.29, 1.82) is 0 Å². The number of piperazine rings is 1. The van der Waals surface area contributed by atoms with Crippen LogP contribution in [0.1, 0.15) is 26.6 Å². The van der Waals surface area contributed by atoms with Crippen molar-refractivity contribution in [2.75, 3.05) is 33.2 Å². The van der Waals surface area contributed by atoms with Crippen LogP contribution in [-0.4, -0.2) is 59.8 Å². The van der Waals surface area contributed by atoms with Gasteiger partial charge in [0.1, 0.15) is 11.5 Å². The predicted molar refractivity (Wildman–Crippen MR) is 87.5 cm³/mol. The first-order valence-corrected chi connectivity index (χ1v) is 7.88. The molecule has 0 saturated carbocycles. The van der Waals surface area contributed by atoms with E-state index in [0.29, 0.717) is 36.7 Å². The molecule has 3 heterocycles. The molecule has 2 aromatic heterocycles. The number of likely N-dealkylation sites (N-methyl/N-ethyl adjacent to an activating group) is 1. The molecule has 1 aliphatic rings. The zero-order valence-electron chi connectivity index (χ0n) is 13.6. The van der Waals surface area contributed by atoms with Crippen molar-refractivity contribution in [2.24, 2.45) is 0 Å². The van der Waals surface area contributed by atoms with Gasteiger partial charge in [0.2, 0.25) is 0 Å². The molecule has 0 spiro atoms. The number of pyridine rings is 1. The molecule has 0 aliphatic carbocycles. The lowest BCUT2D eigenvalue weighted by Gasteiger charge is -2.32. The molecule has 2 aromatic rings. The third-order valence-electron chi connectivity index (χ3n) is 4.04. The van der Waals surface area contributed by atoms with Gasteiger partial charge in [0.15, 0.2) is 0 Å². The van der Waals surface area contributed by atoms with Gasteiger partial charge in [-0.3, -0.25) is 14.6 Å². The average Bonchev–Trinajstić information content (AvgIpc) is 3.13. The minimum absolute atomic E-state index is 0.135. The SMILES string of the molecule is CN1CCN(C(=O)c2cc(C(=O)NCc3ccco3)ccn2)CC1. The number of carbonyl (C=O) groups is 2. The average molecular weight is 328 g/mol. The molecular formula is C17H20N4O3. The van der Waals surface area contributed by atoms with Gasteiger partial charge < -0.3 is 19.5 Å². The molecule has 0 atom stereocenters. The molecule has 1 saturated heterocycles. The van der Waals surface area contributed by atoms with Gasteiger partial charge in [0, 0.05) is 37.9 Å². The van der Waals surface area contributed by atoms with E-state index in [2.05, 4.69) is 15.2 Å². The van der Waals surface area contributed by atoms with Gasteiger partial charge in [-0.2, -0.15) is 0 Å². The van der Waals surface area contributed by atoms with Crippen molar-refractivity contribution < 1.29 is 14.0 Å². The van der Waals surface area contributed by atoms with E-state index in [4.69, 9.17) is 4.42 Å². The van der Waals surface area contributed by atoms with E-state index in [1.165, 1.54) is 12.3 Å². The van der Waals surface area contributed by atoms with E-state index in [9.17, 15) is 9.59 Å². The van der Waals surface area contributed by atoms with Gasteiger partial charge in [-0.05, 0) is 31.3 Å². The van der Waals surface area contributed by atoms with E-state index in [1.807, 2.05) is 7.05 Å². The Balaban J connectivity index is 1.64. The maximum Gasteiger partial charge on any atom is 0.272 e. The van der Waals surface area contributed by atoms with Gasteiger partial charge in [-0.25, -0.2) is 0 Å². The fourth-order valence-corrected chi connectivity index (χ4v) is 2.54. The number of nitrogens with one attached hydrogen (secondary N) is 1. The van der Waals surface area contributed by atoms with Crippen molar-refractivity contribution in [1.82, 2.24) is 20.1 Å². The lowest BCUT2D eigenvalue weighted by atomic mass is 10.2. The summed E-state index contributed by atoms with van der Waals surface area (Å²) in [5.41, 5.74) is 0.708. The first kappa shape index (κ1) is 16.2. The van der Waals surface area contributed by atoms with Crippen LogP contribution in [0.3, 0.4) is 0 Å². The fourth-order valence-electron chi connectivity index (χ4n) is 2.54.